The fourth-order valence-corrected chi connectivity index (χ4v) is 3.45. The molecule has 0 aromatic carbocycles. The van der Waals surface area contributed by atoms with Gasteiger partial charge in [-0.1, -0.05) is 17.7 Å². The van der Waals surface area contributed by atoms with Gasteiger partial charge in [-0.15, -0.1) is 11.3 Å². The molecule has 0 fully saturated rings. The van der Waals surface area contributed by atoms with Crippen molar-refractivity contribution in [1.82, 2.24) is 19.3 Å². The minimum atomic E-state index is -1.11. The molecule has 0 aliphatic rings. The first-order valence-corrected chi connectivity index (χ1v) is 8.20. The number of rotatable bonds is 5. The van der Waals surface area contributed by atoms with E-state index in [1.54, 1.807) is 35.0 Å². The van der Waals surface area contributed by atoms with Gasteiger partial charge in [0.1, 0.15) is 6.54 Å². The minimum Gasteiger partial charge on any atom is -0.480 e. The number of amides is 1. The molecule has 0 unspecified atom stereocenters. The zero-order valence-electron chi connectivity index (χ0n) is 12.6. The predicted molar refractivity (Wildman–Crippen MR) is 89.4 cm³/mol. The van der Waals surface area contributed by atoms with E-state index in [-0.39, 0.29) is 17.4 Å². The van der Waals surface area contributed by atoms with Gasteiger partial charge in [0.2, 0.25) is 0 Å². The highest BCUT2D eigenvalue weighted by atomic mass is 35.5. The third kappa shape index (κ3) is 3.24. The standard InChI is InChI=1S/C15H13ClN4O3S/c1-9-6-20-12(13(16)18-15(20)24-9)14(23)19(8-11(21)22)7-10-4-2-3-5-17-10/h2-6H,7-8H2,1H3,(H,21,22). The van der Waals surface area contributed by atoms with E-state index >= 15 is 0 Å². The Morgan fingerprint density at radius 2 is 2.21 bits per heavy atom. The molecule has 0 radical (unpaired) electrons. The second-order valence-electron chi connectivity index (χ2n) is 5.12. The highest BCUT2D eigenvalue weighted by Crippen LogP contribution is 2.25. The second-order valence-corrected chi connectivity index (χ2v) is 6.69. The average molecular weight is 365 g/mol. The van der Waals surface area contributed by atoms with E-state index in [4.69, 9.17) is 16.7 Å². The maximum atomic E-state index is 12.9. The van der Waals surface area contributed by atoms with Crippen LogP contribution < -0.4 is 0 Å². The number of fused-ring (bicyclic) bond motifs is 1. The zero-order chi connectivity index (χ0) is 17.3. The van der Waals surface area contributed by atoms with Crippen LogP contribution in [0.25, 0.3) is 4.96 Å². The monoisotopic (exact) mass is 364 g/mol. The number of hydrogen-bond acceptors (Lipinski definition) is 5. The summed E-state index contributed by atoms with van der Waals surface area (Å²) in [4.78, 5) is 35.1. The van der Waals surface area contributed by atoms with E-state index in [0.717, 1.165) is 4.88 Å². The quantitative estimate of drug-likeness (QED) is 0.751. The lowest BCUT2D eigenvalue weighted by Crippen LogP contribution is -2.36. The third-order valence-electron chi connectivity index (χ3n) is 3.29. The molecule has 1 N–H and O–H groups in total. The van der Waals surface area contributed by atoms with Crippen LogP contribution in [0.1, 0.15) is 21.1 Å². The summed E-state index contributed by atoms with van der Waals surface area (Å²) in [5, 5.41) is 9.19. The molecule has 0 atom stereocenters. The molecule has 24 heavy (non-hydrogen) atoms. The number of carboxylic acid groups (broad SMARTS) is 1. The van der Waals surface area contributed by atoms with Crippen molar-refractivity contribution in [3.05, 3.63) is 52.0 Å². The number of nitrogens with zero attached hydrogens (tertiary/aromatic N) is 4. The lowest BCUT2D eigenvalue weighted by Gasteiger charge is -2.20. The highest BCUT2D eigenvalue weighted by molar-refractivity contribution is 7.17. The summed E-state index contributed by atoms with van der Waals surface area (Å²) >= 11 is 7.51. The Hall–Kier alpha value is -2.45. The summed E-state index contributed by atoms with van der Waals surface area (Å²) in [6, 6.07) is 5.25. The number of carbonyl (C=O) groups is 2. The molecule has 3 aromatic heterocycles. The number of aryl methyl sites for hydroxylation is 1. The molecule has 9 heteroatoms. The molecule has 1 amide bonds. The molecule has 0 aliphatic heterocycles. The maximum absolute atomic E-state index is 12.9. The number of imidazole rings is 1. The zero-order valence-corrected chi connectivity index (χ0v) is 14.2. The molecule has 0 saturated carbocycles. The molecular weight excluding hydrogens is 352 g/mol. The van der Waals surface area contributed by atoms with Crippen molar-refractivity contribution in [2.75, 3.05) is 6.54 Å². The number of aromatic nitrogens is 3. The number of aliphatic carboxylic acids is 1. The molecule has 7 nitrogen and oxygen atoms in total. The Labute approximate surface area is 146 Å². The largest absolute Gasteiger partial charge is 0.480 e. The van der Waals surface area contributed by atoms with Gasteiger partial charge in [0.05, 0.1) is 12.2 Å². The molecule has 0 bridgehead atoms. The molecule has 0 saturated heterocycles. The normalized spacial score (nSPS) is 10.9. The van der Waals surface area contributed by atoms with Gasteiger partial charge in [-0.05, 0) is 19.1 Å². The van der Waals surface area contributed by atoms with Gasteiger partial charge in [0.15, 0.2) is 15.8 Å². The third-order valence-corrected chi connectivity index (χ3v) is 4.46. The molecule has 0 spiro atoms. The van der Waals surface area contributed by atoms with Crippen molar-refractivity contribution in [2.45, 2.75) is 13.5 Å². The molecule has 3 aromatic rings. The van der Waals surface area contributed by atoms with Gasteiger partial charge in [0, 0.05) is 17.3 Å². The first-order valence-electron chi connectivity index (χ1n) is 7.00. The van der Waals surface area contributed by atoms with Crippen LogP contribution in [0.15, 0.2) is 30.6 Å². The first-order chi connectivity index (χ1) is 11.5. The van der Waals surface area contributed by atoms with Gasteiger partial charge < -0.3 is 10.0 Å². The molecule has 3 heterocycles. The van der Waals surface area contributed by atoms with Gasteiger partial charge in [-0.3, -0.25) is 19.0 Å². The van der Waals surface area contributed by atoms with Crippen LogP contribution in [0.2, 0.25) is 5.15 Å². The summed E-state index contributed by atoms with van der Waals surface area (Å²) in [6.45, 7) is 1.51. The second kappa shape index (κ2) is 6.58. The summed E-state index contributed by atoms with van der Waals surface area (Å²) in [5.41, 5.74) is 0.749. The minimum absolute atomic E-state index is 0.0580. The Morgan fingerprint density at radius 3 is 2.88 bits per heavy atom. The van der Waals surface area contributed by atoms with Crippen LogP contribution in [0.4, 0.5) is 0 Å². The summed E-state index contributed by atoms with van der Waals surface area (Å²) in [6.07, 6.45) is 3.34. The number of hydrogen-bond donors (Lipinski definition) is 1. The summed E-state index contributed by atoms with van der Waals surface area (Å²) in [7, 11) is 0. The molecule has 0 aliphatic carbocycles. The van der Waals surface area contributed by atoms with Crippen molar-refractivity contribution >= 4 is 39.8 Å². The number of carbonyl (C=O) groups excluding carboxylic acids is 1. The molecule has 124 valence electrons. The Balaban J connectivity index is 1.98. The fraction of sp³-hybridized carbons (Fsp3) is 0.200. The van der Waals surface area contributed by atoms with E-state index in [2.05, 4.69) is 9.97 Å². The summed E-state index contributed by atoms with van der Waals surface area (Å²) in [5.74, 6) is -1.61. The first kappa shape index (κ1) is 16.4. The Kier molecular flexibility index (Phi) is 4.50. The number of carboxylic acids is 1. The van der Waals surface area contributed by atoms with E-state index in [0.29, 0.717) is 10.7 Å². The molecule has 3 rings (SSSR count). The Morgan fingerprint density at radius 1 is 1.42 bits per heavy atom. The summed E-state index contributed by atoms with van der Waals surface area (Å²) < 4.78 is 1.60. The van der Waals surface area contributed by atoms with Crippen LogP contribution >= 0.6 is 22.9 Å². The number of thiazole rings is 1. The van der Waals surface area contributed by atoms with Gasteiger partial charge >= 0.3 is 5.97 Å². The number of pyridine rings is 1. The van der Waals surface area contributed by atoms with E-state index < -0.39 is 18.4 Å². The van der Waals surface area contributed by atoms with E-state index in [9.17, 15) is 9.59 Å². The van der Waals surface area contributed by atoms with Gasteiger partial charge in [0.25, 0.3) is 5.91 Å². The SMILES string of the molecule is Cc1cn2c(C(=O)N(CC(=O)O)Cc3ccccn3)c(Cl)nc2s1. The fourth-order valence-electron chi connectivity index (χ4n) is 2.32. The van der Waals surface area contributed by atoms with Crippen LogP contribution in [0, 0.1) is 6.92 Å². The Bertz CT molecular complexity index is 906. The van der Waals surface area contributed by atoms with Crippen molar-refractivity contribution in [2.24, 2.45) is 0 Å². The van der Waals surface area contributed by atoms with Crippen molar-refractivity contribution in [1.29, 1.82) is 0 Å². The smallest absolute Gasteiger partial charge is 0.323 e. The van der Waals surface area contributed by atoms with Crippen LogP contribution in [0.3, 0.4) is 0 Å². The van der Waals surface area contributed by atoms with Gasteiger partial charge in [-0.25, -0.2) is 4.98 Å². The van der Waals surface area contributed by atoms with Crippen LogP contribution in [-0.2, 0) is 11.3 Å². The predicted octanol–water partition coefficient (Wildman–Crippen LogP) is 2.48. The average Bonchev–Trinajstić information content (AvgIpc) is 3.01. The van der Waals surface area contributed by atoms with E-state index in [1.807, 2.05) is 6.92 Å². The lowest BCUT2D eigenvalue weighted by molar-refractivity contribution is -0.137. The van der Waals surface area contributed by atoms with Crippen molar-refractivity contribution < 1.29 is 14.7 Å². The van der Waals surface area contributed by atoms with Crippen LogP contribution in [0.5, 0.6) is 0 Å². The maximum Gasteiger partial charge on any atom is 0.323 e. The van der Waals surface area contributed by atoms with Crippen molar-refractivity contribution in [3.8, 4) is 0 Å². The lowest BCUT2D eigenvalue weighted by atomic mass is 10.3. The topological polar surface area (TPSA) is 87.8 Å². The van der Waals surface area contributed by atoms with Crippen molar-refractivity contribution in [3.63, 3.8) is 0 Å². The van der Waals surface area contributed by atoms with Crippen LogP contribution in [-0.4, -0.2) is 42.8 Å². The van der Waals surface area contributed by atoms with Gasteiger partial charge in [-0.2, -0.15) is 0 Å². The van der Waals surface area contributed by atoms with E-state index in [1.165, 1.54) is 16.2 Å². The highest BCUT2D eigenvalue weighted by Gasteiger charge is 2.26. The number of halogens is 1. The molecular formula is C15H13ClN4O3S.